The van der Waals surface area contributed by atoms with Gasteiger partial charge in [0.2, 0.25) is 0 Å². The van der Waals surface area contributed by atoms with Gasteiger partial charge in [0, 0.05) is 25.0 Å². The van der Waals surface area contributed by atoms with Gasteiger partial charge in [-0.05, 0) is 59.5 Å². The van der Waals surface area contributed by atoms with Crippen molar-refractivity contribution in [1.82, 2.24) is 10.2 Å². The molecule has 0 radical (unpaired) electrons. The van der Waals surface area contributed by atoms with E-state index in [4.69, 9.17) is 4.74 Å². The zero-order chi connectivity index (χ0) is 27.4. The van der Waals surface area contributed by atoms with Crippen LogP contribution in [0.4, 0.5) is 11.4 Å². The Morgan fingerprint density at radius 1 is 0.949 bits per heavy atom. The minimum Gasteiger partial charge on any atom is -0.505 e. The number of phenols is 1. The van der Waals surface area contributed by atoms with Gasteiger partial charge in [0.1, 0.15) is 5.69 Å². The van der Waals surface area contributed by atoms with Crippen molar-refractivity contribution in [3.8, 4) is 5.75 Å². The lowest BCUT2D eigenvalue weighted by Crippen LogP contribution is -2.38. The molecule has 1 fully saturated rings. The smallest absolute Gasteiger partial charge is 0.294 e. The Labute approximate surface area is 225 Å². The molecule has 1 saturated heterocycles. The second kappa shape index (κ2) is 11.5. The normalized spacial score (nSPS) is 14.8. The summed E-state index contributed by atoms with van der Waals surface area (Å²) in [5, 5.41) is 25.2. The lowest BCUT2D eigenvalue weighted by atomic mass is 10.0. The minimum absolute atomic E-state index is 0.116. The number of nitrogens with zero attached hydrogens (tertiary/aromatic N) is 3. The van der Waals surface area contributed by atoms with Gasteiger partial charge in [-0.2, -0.15) is 13.5 Å². The van der Waals surface area contributed by atoms with Gasteiger partial charge in [-0.3, -0.25) is 14.2 Å². The molecule has 0 saturated carbocycles. The van der Waals surface area contributed by atoms with E-state index < -0.39 is 16.0 Å². The van der Waals surface area contributed by atoms with Gasteiger partial charge in [-0.25, -0.2) is 0 Å². The van der Waals surface area contributed by atoms with Crippen molar-refractivity contribution in [2.24, 2.45) is 10.2 Å². The summed E-state index contributed by atoms with van der Waals surface area (Å²) in [6, 6.07) is 18.2. The van der Waals surface area contributed by atoms with Crippen molar-refractivity contribution in [2.75, 3.05) is 39.4 Å². The molecule has 0 unspecified atom stereocenters. The Morgan fingerprint density at radius 3 is 2.49 bits per heavy atom. The quantitative estimate of drug-likeness (QED) is 0.163. The highest BCUT2D eigenvalue weighted by Crippen LogP contribution is 2.39. The summed E-state index contributed by atoms with van der Waals surface area (Å²) in [5.41, 5.74) is 0.752. The predicted molar refractivity (Wildman–Crippen MR) is 148 cm³/mol. The molecular formula is C28H28N4O6S. The van der Waals surface area contributed by atoms with Crippen molar-refractivity contribution in [3.05, 3.63) is 72.3 Å². The van der Waals surface area contributed by atoms with Crippen molar-refractivity contribution in [3.63, 3.8) is 0 Å². The van der Waals surface area contributed by atoms with Crippen LogP contribution in [0.15, 0.2) is 81.9 Å². The Kier molecular flexibility index (Phi) is 7.84. The Bertz CT molecular complexity index is 1670. The van der Waals surface area contributed by atoms with Gasteiger partial charge < -0.3 is 15.2 Å². The molecule has 0 aromatic heterocycles. The zero-order valence-corrected chi connectivity index (χ0v) is 21.9. The summed E-state index contributed by atoms with van der Waals surface area (Å²) in [7, 11) is -4.31. The highest BCUT2D eigenvalue weighted by molar-refractivity contribution is 7.85. The Morgan fingerprint density at radius 2 is 1.69 bits per heavy atom. The van der Waals surface area contributed by atoms with Gasteiger partial charge >= 0.3 is 0 Å². The molecule has 5 rings (SSSR count). The zero-order valence-electron chi connectivity index (χ0n) is 21.1. The van der Waals surface area contributed by atoms with Crippen LogP contribution in [0, 0.1) is 0 Å². The first-order valence-corrected chi connectivity index (χ1v) is 14.0. The first-order valence-electron chi connectivity index (χ1n) is 12.6. The topological polar surface area (TPSA) is 141 Å². The number of phenolic OH excluding ortho intramolecular Hbond substituents is 1. The molecule has 202 valence electrons. The van der Waals surface area contributed by atoms with Crippen molar-refractivity contribution in [2.45, 2.75) is 11.3 Å². The molecule has 11 heteroatoms. The van der Waals surface area contributed by atoms with Crippen molar-refractivity contribution >= 4 is 48.9 Å². The number of carbonyl (C=O) groups is 1. The summed E-state index contributed by atoms with van der Waals surface area (Å²) >= 11 is 0. The molecule has 1 aliphatic heterocycles. The molecule has 39 heavy (non-hydrogen) atoms. The molecule has 0 aliphatic carbocycles. The number of aromatic hydroxyl groups is 1. The van der Waals surface area contributed by atoms with Gasteiger partial charge in [0.15, 0.2) is 5.75 Å². The first-order chi connectivity index (χ1) is 18.8. The third-order valence-corrected chi connectivity index (χ3v) is 7.49. The molecule has 0 atom stereocenters. The van der Waals surface area contributed by atoms with E-state index in [1.807, 2.05) is 18.2 Å². The number of azo groups is 1. The standard InChI is InChI=1S/C28H28N4O6S/c33-27-25(28(34)29-10-3-11-32-12-14-38-15-13-32)18-21-4-1-2-5-24(21)26(27)31-30-22-8-6-20-17-23(39(35,36)37)9-7-19(20)16-22/h1-2,4-9,16-18,33H,3,10-15H2,(H,29,34)(H,35,36,37). The van der Waals surface area contributed by atoms with E-state index in [0.29, 0.717) is 28.4 Å². The summed E-state index contributed by atoms with van der Waals surface area (Å²) in [5.74, 6) is -0.654. The summed E-state index contributed by atoms with van der Waals surface area (Å²) in [4.78, 5) is 15.1. The Balaban J connectivity index is 1.37. The number of morpholine rings is 1. The average Bonchev–Trinajstić information content (AvgIpc) is 2.94. The van der Waals surface area contributed by atoms with Crippen LogP contribution in [0.1, 0.15) is 16.8 Å². The highest BCUT2D eigenvalue weighted by Gasteiger charge is 2.18. The number of fused-ring (bicyclic) bond motifs is 2. The molecule has 1 aliphatic rings. The third kappa shape index (κ3) is 6.23. The number of nitrogens with one attached hydrogen (secondary N) is 1. The second-order valence-electron chi connectivity index (χ2n) is 9.27. The van der Waals surface area contributed by atoms with Crippen LogP contribution in [0.3, 0.4) is 0 Å². The molecule has 1 amide bonds. The number of ether oxygens (including phenoxy) is 1. The largest absolute Gasteiger partial charge is 0.505 e. The van der Waals surface area contributed by atoms with Crippen LogP contribution >= 0.6 is 0 Å². The maximum Gasteiger partial charge on any atom is 0.294 e. The third-order valence-electron chi connectivity index (χ3n) is 6.64. The number of benzene rings is 4. The monoisotopic (exact) mass is 548 g/mol. The van der Waals surface area contributed by atoms with Crippen LogP contribution < -0.4 is 5.32 Å². The summed E-state index contributed by atoms with van der Waals surface area (Å²) < 4.78 is 37.5. The van der Waals surface area contributed by atoms with Gasteiger partial charge in [0.25, 0.3) is 16.0 Å². The second-order valence-corrected chi connectivity index (χ2v) is 10.7. The number of hydrogen-bond acceptors (Lipinski definition) is 8. The van der Waals surface area contributed by atoms with E-state index in [1.165, 1.54) is 12.1 Å². The maximum absolute atomic E-state index is 13.0. The van der Waals surface area contributed by atoms with E-state index >= 15 is 0 Å². The van der Waals surface area contributed by atoms with Gasteiger partial charge in [-0.1, -0.05) is 36.4 Å². The van der Waals surface area contributed by atoms with E-state index in [-0.39, 0.29) is 21.9 Å². The van der Waals surface area contributed by atoms with Crippen LogP contribution in [-0.2, 0) is 14.9 Å². The van der Waals surface area contributed by atoms with Crippen LogP contribution in [0.5, 0.6) is 5.75 Å². The molecule has 10 nitrogen and oxygen atoms in total. The van der Waals surface area contributed by atoms with Crippen LogP contribution in [0.25, 0.3) is 21.5 Å². The molecule has 4 aromatic carbocycles. The number of carbonyl (C=O) groups excluding carboxylic acids is 1. The average molecular weight is 549 g/mol. The SMILES string of the molecule is O=C(NCCCN1CCOCC1)c1cc2ccccc2c(N=Nc2ccc3cc(S(=O)(=O)O)ccc3c2)c1O. The fraction of sp³-hybridized carbons (Fsp3) is 0.250. The van der Waals surface area contributed by atoms with Crippen LogP contribution in [0.2, 0.25) is 0 Å². The number of rotatable bonds is 8. The molecule has 0 spiro atoms. The fourth-order valence-corrected chi connectivity index (χ4v) is 5.07. The van der Waals surface area contributed by atoms with Crippen molar-refractivity contribution < 1.29 is 27.6 Å². The lowest BCUT2D eigenvalue weighted by Gasteiger charge is -2.26. The van der Waals surface area contributed by atoms with Gasteiger partial charge in [0.05, 0.1) is 29.4 Å². The lowest BCUT2D eigenvalue weighted by molar-refractivity contribution is 0.0374. The van der Waals surface area contributed by atoms with Gasteiger partial charge in [-0.15, -0.1) is 5.11 Å². The predicted octanol–water partition coefficient (Wildman–Crippen LogP) is 4.81. The highest BCUT2D eigenvalue weighted by atomic mass is 32.2. The summed E-state index contributed by atoms with van der Waals surface area (Å²) in [6.45, 7) is 4.55. The van der Waals surface area contributed by atoms with E-state index in [0.717, 1.165) is 44.7 Å². The summed E-state index contributed by atoms with van der Waals surface area (Å²) in [6.07, 6.45) is 0.778. The minimum atomic E-state index is -4.31. The molecule has 0 bridgehead atoms. The fourth-order valence-electron chi connectivity index (χ4n) is 4.56. The first kappa shape index (κ1) is 26.7. The van der Waals surface area contributed by atoms with E-state index in [9.17, 15) is 22.9 Å². The number of hydrogen-bond donors (Lipinski definition) is 3. The maximum atomic E-state index is 13.0. The molecular weight excluding hydrogens is 520 g/mol. The number of amides is 1. The molecule has 3 N–H and O–H groups in total. The van der Waals surface area contributed by atoms with E-state index in [1.54, 1.807) is 36.4 Å². The molecule has 1 heterocycles. The van der Waals surface area contributed by atoms with E-state index in [2.05, 4.69) is 20.4 Å². The molecule has 4 aromatic rings. The Hall–Kier alpha value is -3.90. The van der Waals surface area contributed by atoms with Crippen molar-refractivity contribution in [1.29, 1.82) is 0 Å². The van der Waals surface area contributed by atoms with Crippen LogP contribution in [-0.4, -0.2) is 68.3 Å².